The van der Waals surface area contributed by atoms with Gasteiger partial charge in [-0.15, -0.1) is 0 Å². The molecule has 0 aliphatic rings. The monoisotopic (exact) mass is 505 g/mol. The van der Waals surface area contributed by atoms with E-state index in [1.54, 1.807) is 0 Å². The summed E-state index contributed by atoms with van der Waals surface area (Å²) >= 11 is 6.56. The number of hydrogen-bond donors (Lipinski definition) is 1. The van der Waals surface area contributed by atoms with Crippen molar-refractivity contribution in [2.24, 2.45) is 0 Å². The second-order valence-electron chi connectivity index (χ2n) is 9.58. The molecule has 0 spiro atoms. The van der Waals surface area contributed by atoms with E-state index in [0.717, 1.165) is 28.1 Å². The summed E-state index contributed by atoms with van der Waals surface area (Å²) in [5, 5.41) is 12.0. The molecular formula is C36H24ClN. The van der Waals surface area contributed by atoms with Gasteiger partial charge in [0.05, 0.1) is 0 Å². The summed E-state index contributed by atoms with van der Waals surface area (Å²) in [6.07, 6.45) is 0. The quantitative estimate of drug-likeness (QED) is 0.234. The van der Waals surface area contributed by atoms with E-state index < -0.39 is 0 Å². The Kier molecular flexibility index (Phi) is 5.57. The molecule has 1 nitrogen and oxygen atoms in total. The molecule has 0 aliphatic heterocycles. The molecule has 1 N–H and O–H groups in total. The topological polar surface area (TPSA) is 12.0 Å². The van der Waals surface area contributed by atoms with Gasteiger partial charge in [-0.2, -0.15) is 0 Å². The molecular weight excluding hydrogens is 482 g/mol. The summed E-state index contributed by atoms with van der Waals surface area (Å²) in [6.45, 7) is 0. The van der Waals surface area contributed by atoms with Crippen LogP contribution in [0.3, 0.4) is 0 Å². The highest BCUT2D eigenvalue weighted by Crippen LogP contribution is 2.40. The molecule has 180 valence electrons. The summed E-state index contributed by atoms with van der Waals surface area (Å²) in [5.74, 6) is 0. The molecule has 7 aromatic carbocycles. The minimum absolute atomic E-state index is 0.713. The Morgan fingerprint density at radius 2 is 0.921 bits per heavy atom. The van der Waals surface area contributed by atoms with E-state index in [9.17, 15) is 0 Å². The van der Waals surface area contributed by atoms with Gasteiger partial charge in [-0.25, -0.2) is 0 Å². The van der Waals surface area contributed by atoms with Crippen LogP contribution in [0, 0.1) is 0 Å². The minimum atomic E-state index is 0.713. The molecule has 0 unspecified atom stereocenters. The Balaban J connectivity index is 1.41. The second kappa shape index (κ2) is 9.37. The molecule has 0 saturated carbocycles. The van der Waals surface area contributed by atoms with Gasteiger partial charge in [0, 0.05) is 27.5 Å². The maximum atomic E-state index is 6.56. The Bertz CT molecular complexity index is 1920. The molecule has 2 heteroatoms. The number of rotatable bonds is 4. The van der Waals surface area contributed by atoms with Crippen LogP contribution < -0.4 is 5.32 Å². The van der Waals surface area contributed by atoms with Gasteiger partial charge in [-0.05, 0) is 73.8 Å². The normalized spacial score (nSPS) is 11.3. The lowest BCUT2D eigenvalue weighted by molar-refractivity contribution is 1.52. The molecule has 0 amide bonds. The molecule has 38 heavy (non-hydrogen) atoms. The lowest BCUT2D eigenvalue weighted by Gasteiger charge is -2.17. The average molecular weight is 506 g/mol. The SMILES string of the molecule is Clc1ccc(Nc2ccccc2-c2ccccc2)c(-c2ccc3c4ccccc4c4ccccc4c3c2)c1. The highest BCUT2D eigenvalue weighted by Gasteiger charge is 2.13. The van der Waals surface area contributed by atoms with E-state index in [1.807, 2.05) is 12.1 Å². The highest BCUT2D eigenvalue weighted by atomic mass is 35.5. The van der Waals surface area contributed by atoms with E-state index >= 15 is 0 Å². The first-order valence-electron chi connectivity index (χ1n) is 12.8. The molecule has 0 bridgehead atoms. The average Bonchev–Trinajstić information content (AvgIpc) is 2.99. The standard InChI is InChI=1S/C36H24ClN/c37-26-19-21-36(38-35-17-9-8-12-27(35)24-10-2-1-3-11-24)33(23-26)25-18-20-32-30-15-5-4-13-28(30)29-14-6-7-16-31(29)34(32)22-25/h1-23,38H. The van der Waals surface area contributed by atoms with Gasteiger partial charge in [-0.1, -0.05) is 121 Å². The summed E-state index contributed by atoms with van der Waals surface area (Å²) in [7, 11) is 0. The van der Waals surface area contributed by atoms with Crippen LogP contribution >= 0.6 is 11.6 Å². The van der Waals surface area contributed by atoms with E-state index in [-0.39, 0.29) is 0 Å². The van der Waals surface area contributed by atoms with Crippen molar-refractivity contribution in [3.05, 3.63) is 145 Å². The lowest BCUT2D eigenvalue weighted by Crippen LogP contribution is -1.96. The van der Waals surface area contributed by atoms with Gasteiger partial charge in [0.25, 0.3) is 0 Å². The number of benzene rings is 7. The highest BCUT2D eigenvalue weighted by molar-refractivity contribution is 6.31. The van der Waals surface area contributed by atoms with Crippen molar-refractivity contribution >= 4 is 55.3 Å². The first-order chi connectivity index (χ1) is 18.8. The fourth-order valence-corrected chi connectivity index (χ4v) is 5.72. The summed E-state index contributed by atoms with van der Waals surface area (Å²) < 4.78 is 0. The van der Waals surface area contributed by atoms with Crippen LogP contribution in [0.2, 0.25) is 5.02 Å². The van der Waals surface area contributed by atoms with Crippen LogP contribution in [0.5, 0.6) is 0 Å². The number of halogens is 1. The summed E-state index contributed by atoms with van der Waals surface area (Å²) in [4.78, 5) is 0. The summed E-state index contributed by atoms with van der Waals surface area (Å²) in [6, 6.07) is 49.1. The molecule has 0 fully saturated rings. The zero-order chi connectivity index (χ0) is 25.5. The second-order valence-corrected chi connectivity index (χ2v) is 10.0. The molecule has 0 saturated heterocycles. The maximum absolute atomic E-state index is 6.56. The molecule has 0 heterocycles. The van der Waals surface area contributed by atoms with E-state index in [1.165, 1.54) is 37.9 Å². The predicted octanol–water partition coefficient (Wildman–Crippen LogP) is 10.9. The third-order valence-electron chi connectivity index (χ3n) is 7.32. The number of anilines is 2. The molecule has 0 radical (unpaired) electrons. The molecule has 7 rings (SSSR count). The van der Waals surface area contributed by atoms with Crippen molar-refractivity contribution in [1.29, 1.82) is 0 Å². The third kappa shape index (κ3) is 3.89. The smallest absolute Gasteiger partial charge is 0.0465 e. The molecule has 0 atom stereocenters. The first-order valence-corrected chi connectivity index (χ1v) is 13.2. The lowest BCUT2D eigenvalue weighted by atomic mass is 9.91. The Labute approximate surface area is 227 Å². The van der Waals surface area contributed by atoms with Crippen molar-refractivity contribution in [1.82, 2.24) is 0 Å². The van der Waals surface area contributed by atoms with Crippen molar-refractivity contribution < 1.29 is 0 Å². The van der Waals surface area contributed by atoms with Crippen LogP contribution in [0.4, 0.5) is 11.4 Å². The Morgan fingerprint density at radius 1 is 0.368 bits per heavy atom. The minimum Gasteiger partial charge on any atom is -0.355 e. The molecule has 7 aromatic rings. The largest absolute Gasteiger partial charge is 0.355 e. The Morgan fingerprint density at radius 3 is 1.63 bits per heavy atom. The van der Waals surface area contributed by atoms with Gasteiger partial charge in [0.15, 0.2) is 0 Å². The number of nitrogens with one attached hydrogen (secondary N) is 1. The molecule has 0 aromatic heterocycles. The van der Waals surface area contributed by atoms with E-state index in [4.69, 9.17) is 11.6 Å². The van der Waals surface area contributed by atoms with Crippen molar-refractivity contribution in [2.45, 2.75) is 0 Å². The zero-order valence-corrected chi connectivity index (χ0v) is 21.4. The van der Waals surface area contributed by atoms with Crippen LogP contribution in [-0.2, 0) is 0 Å². The first kappa shape index (κ1) is 22.6. The van der Waals surface area contributed by atoms with Gasteiger partial charge in [-0.3, -0.25) is 0 Å². The Hall–Kier alpha value is -4.59. The maximum Gasteiger partial charge on any atom is 0.0465 e. The van der Waals surface area contributed by atoms with Gasteiger partial charge < -0.3 is 5.32 Å². The third-order valence-corrected chi connectivity index (χ3v) is 7.55. The van der Waals surface area contributed by atoms with E-state index in [0.29, 0.717) is 5.02 Å². The van der Waals surface area contributed by atoms with E-state index in [2.05, 4.69) is 133 Å². The zero-order valence-electron chi connectivity index (χ0n) is 20.7. The van der Waals surface area contributed by atoms with Gasteiger partial charge >= 0.3 is 0 Å². The number of para-hydroxylation sites is 1. The summed E-state index contributed by atoms with van der Waals surface area (Å²) in [5.41, 5.74) is 6.60. The van der Waals surface area contributed by atoms with Crippen molar-refractivity contribution in [3.63, 3.8) is 0 Å². The number of fused-ring (bicyclic) bond motifs is 6. The predicted molar refractivity (Wildman–Crippen MR) is 165 cm³/mol. The fourth-order valence-electron chi connectivity index (χ4n) is 5.55. The number of hydrogen-bond acceptors (Lipinski definition) is 1. The van der Waals surface area contributed by atoms with Crippen LogP contribution in [0.1, 0.15) is 0 Å². The van der Waals surface area contributed by atoms with Gasteiger partial charge in [0.2, 0.25) is 0 Å². The van der Waals surface area contributed by atoms with Crippen LogP contribution in [-0.4, -0.2) is 0 Å². The van der Waals surface area contributed by atoms with Crippen molar-refractivity contribution in [2.75, 3.05) is 5.32 Å². The molecule has 0 aliphatic carbocycles. The van der Waals surface area contributed by atoms with Crippen LogP contribution in [0.25, 0.3) is 54.6 Å². The fraction of sp³-hybridized carbons (Fsp3) is 0. The van der Waals surface area contributed by atoms with Gasteiger partial charge in [0.1, 0.15) is 0 Å². The van der Waals surface area contributed by atoms with Crippen molar-refractivity contribution in [3.8, 4) is 22.3 Å². The van der Waals surface area contributed by atoms with Crippen LogP contribution in [0.15, 0.2) is 140 Å².